The van der Waals surface area contributed by atoms with Gasteiger partial charge in [-0.15, -0.1) is 0 Å². The minimum absolute atomic E-state index is 1.08. The minimum Gasteiger partial charge on any atom is -0.0885 e. The van der Waals surface area contributed by atoms with Crippen molar-refractivity contribution in [2.75, 3.05) is 0 Å². The van der Waals surface area contributed by atoms with Gasteiger partial charge in [0.2, 0.25) is 0 Å². The lowest BCUT2D eigenvalue weighted by Gasteiger charge is -1.98. The van der Waals surface area contributed by atoms with Gasteiger partial charge in [-0.25, -0.2) is 0 Å². The van der Waals surface area contributed by atoms with Gasteiger partial charge in [0, 0.05) is 0 Å². The maximum atomic E-state index is 5.32. The highest BCUT2D eigenvalue weighted by molar-refractivity contribution is 4.81. The summed E-state index contributed by atoms with van der Waals surface area (Å²) in [7, 11) is 0. The van der Waals surface area contributed by atoms with E-state index in [9.17, 15) is 0 Å². The van der Waals surface area contributed by atoms with E-state index in [-0.39, 0.29) is 0 Å². The topological polar surface area (TPSA) is 0 Å². The van der Waals surface area contributed by atoms with E-state index in [4.69, 9.17) is 6.58 Å². The first-order valence-electron chi connectivity index (χ1n) is 7.10. The standard InChI is InChI=1S/C16H29/c1-3-5-7-9-11-13-15-16-14-12-10-8-6-4-2/h1,3,12,14H,4-11,13,15-16H2,2H3. The van der Waals surface area contributed by atoms with Crippen molar-refractivity contribution in [2.45, 2.75) is 77.6 Å². The van der Waals surface area contributed by atoms with Gasteiger partial charge in [0.25, 0.3) is 0 Å². The maximum absolute atomic E-state index is 5.32. The third-order valence-corrected chi connectivity index (χ3v) is 2.88. The normalized spacial score (nSPS) is 11.1. The van der Waals surface area contributed by atoms with Crippen molar-refractivity contribution in [3.63, 3.8) is 0 Å². The summed E-state index contributed by atoms with van der Waals surface area (Å²) >= 11 is 0. The number of rotatable bonds is 12. The van der Waals surface area contributed by atoms with Gasteiger partial charge in [-0.1, -0.05) is 63.8 Å². The molecule has 0 aromatic rings. The predicted octanol–water partition coefficient (Wildman–Crippen LogP) is 5.84. The van der Waals surface area contributed by atoms with Crippen molar-refractivity contribution < 1.29 is 0 Å². The van der Waals surface area contributed by atoms with Crippen LogP contribution >= 0.6 is 0 Å². The van der Waals surface area contributed by atoms with Crippen molar-refractivity contribution in [1.29, 1.82) is 0 Å². The van der Waals surface area contributed by atoms with Gasteiger partial charge in [-0.2, -0.15) is 0 Å². The highest BCUT2D eigenvalue weighted by atomic mass is 13.9. The van der Waals surface area contributed by atoms with E-state index in [1.165, 1.54) is 64.2 Å². The van der Waals surface area contributed by atoms with Gasteiger partial charge in [0.1, 0.15) is 0 Å². The van der Waals surface area contributed by atoms with Crippen LogP contribution in [0, 0.1) is 6.58 Å². The van der Waals surface area contributed by atoms with Gasteiger partial charge in [0.15, 0.2) is 0 Å². The summed E-state index contributed by atoms with van der Waals surface area (Å²) in [5.41, 5.74) is 0. The molecule has 0 aliphatic carbocycles. The van der Waals surface area contributed by atoms with Crippen LogP contribution in [0.15, 0.2) is 18.2 Å². The molecule has 0 fully saturated rings. The van der Waals surface area contributed by atoms with Crippen molar-refractivity contribution in [3.8, 4) is 0 Å². The molecular weight excluding hydrogens is 192 g/mol. The molecule has 0 aliphatic rings. The average Bonchev–Trinajstić information content (AvgIpc) is 2.31. The van der Waals surface area contributed by atoms with E-state index in [2.05, 4.69) is 19.1 Å². The first-order valence-corrected chi connectivity index (χ1v) is 7.10. The molecule has 0 N–H and O–H groups in total. The van der Waals surface area contributed by atoms with Crippen LogP contribution in [0.25, 0.3) is 0 Å². The van der Waals surface area contributed by atoms with Crippen LogP contribution in [0.4, 0.5) is 0 Å². The molecule has 0 rings (SSSR count). The molecule has 0 spiro atoms. The lowest BCUT2D eigenvalue weighted by atomic mass is 10.1. The Balaban J connectivity index is 2.99. The zero-order chi connectivity index (χ0) is 11.9. The second kappa shape index (κ2) is 14.5. The average molecular weight is 221 g/mol. The predicted molar refractivity (Wildman–Crippen MR) is 74.5 cm³/mol. The summed E-state index contributed by atoms with van der Waals surface area (Å²) in [6.45, 7) is 7.58. The maximum Gasteiger partial charge on any atom is -0.0348 e. The third-order valence-electron chi connectivity index (χ3n) is 2.88. The van der Waals surface area contributed by atoms with Gasteiger partial charge >= 0.3 is 0 Å². The second-order valence-electron chi connectivity index (χ2n) is 4.55. The van der Waals surface area contributed by atoms with Crippen molar-refractivity contribution in [3.05, 3.63) is 24.8 Å². The molecular formula is C16H29. The fraction of sp³-hybridized carbons (Fsp3) is 0.750. The highest BCUT2D eigenvalue weighted by Gasteiger charge is 1.88. The highest BCUT2D eigenvalue weighted by Crippen LogP contribution is 2.08. The third kappa shape index (κ3) is 13.5. The Morgan fingerprint density at radius 2 is 1.19 bits per heavy atom. The van der Waals surface area contributed by atoms with Crippen LogP contribution in [0.5, 0.6) is 0 Å². The van der Waals surface area contributed by atoms with Crippen LogP contribution in [0.2, 0.25) is 0 Å². The Kier molecular flexibility index (Phi) is 14.0. The Labute approximate surface area is 103 Å². The number of allylic oxidation sites excluding steroid dienone is 3. The van der Waals surface area contributed by atoms with E-state index in [1.807, 2.05) is 0 Å². The first-order chi connectivity index (χ1) is 7.91. The van der Waals surface area contributed by atoms with E-state index in [1.54, 1.807) is 6.08 Å². The van der Waals surface area contributed by atoms with Crippen molar-refractivity contribution >= 4 is 0 Å². The Morgan fingerprint density at radius 3 is 1.75 bits per heavy atom. The summed E-state index contributed by atoms with van der Waals surface area (Å²) in [4.78, 5) is 0. The largest absolute Gasteiger partial charge is 0.0885 e. The summed E-state index contributed by atoms with van der Waals surface area (Å²) in [5, 5.41) is 0. The number of unbranched alkanes of at least 4 members (excludes halogenated alkanes) is 9. The molecule has 0 heteroatoms. The molecule has 0 aromatic heterocycles. The number of hydrogen-bond donors (Lipinski definition) is 0. The van der Waals surface area contributed by atoms with Crippen LogP contribution in [-0.4, -0.2) is 0 Å². The summed E-state index contributed by atoms with van der Waals surface area (Å²) in [6.07, 6.45) is 20.9. The van der Waals surface area contributed by atoms with E-state index in [0.717, 1.165) is 6.42 Å². The molecule has 0 aliphatic heterocycles. The molecule has 0 atom stereocenters. The quantitative estimate of drug-likeness (QED) is 0.287. The molecule has 0 bridgehead atoms. The molecule has 0 saturated heterocycles. The SMILES string of the molecule is [CH]=CCCCCCCCC=CCCCCC. The van der Waals surface area contributed by atoms with E-state index < -0.39 is 0 Å². The lowest BCUT2D eigenvalue weighted by Crippen LogP contribution is -1.78. The van der Waals surface area contributed by atoms with E-state index >= 15 is 0 Å². The Bertz CT molecular complexity index is 155. The summed E-state index contributed by atoms with van der Waals surface area (Å²) in [6, 6.07) is 0. The van der Waals surface area contributed by atoms with Gasteiger partial charge in [-0.05, 0) is 38.5 Å². The zero-order valence-corrected chi connectivity index (χ0v) is 11.1. The molecule has 1 radical (unpaired) electrons. The molecule has 16 heavy (non-hydrogen) atoms. The Morgan fingerprint density at radius 1 is 0.688 bits per heavy atom. The van der Waals surface area contributed by atoms with Crippen molar-refractivity contribution in [1.82, 2.24) is 0 Å². The molecule has 0 unspecified atom stereocenters. The summed E-state index contributed by atoms with van der Waals surface area (Å²) < 4.78 is 0. The van der Waals surface area contributed by atoms with Gasteiger partial charge in [-0.3, -0.25) is 0 Å². The van der Waals surface area contributed by atoms with Crippen LogP contribution in [0.1, 0.15) is 77.6 Å². The second-order valence-corrected chi connectivity index (χ2v) is 4.55. The fourth-order valence-electron chi connectivity index (χ4n) is 1.80. The number of hydrogen-bond acceptors (Lipinski definition) is 0. The Hall–Kier alpha value is -0.520. The van der Waals surface area contributed by atoms with Crippen LogP contribution in [-0.2, 0) is 0 Å². The van der Waals surface area contributed by atoms with Gasteiger partial charge < -0.3 is 0 Å². The van der Waals surface area contributed by atoms with E-state index in [0.29, 0.717) is 0 Å². The zero-order valence-electron chi connectivity index (χ0n) is 11.1. The minimum atomic E-state index is 1.08. The first kappa shape index (κ1) is 15.5. The molecule has 93 valence electrons. The lowest BCUT2D eigenvalue weighted by molar-refractivity contribution is 0.621. The van der Waals surface area contributed by atoms with Crippen LogP contribution < -0.4 is 0 Å². The molecule has 0 saturated carbocycles. The monoisotopic (exact) mass is 221 g/mol. The van der Waals surface area contributed by atoms with Crippen LogP contribution in [0.3, 0.4) is 0 Å². The van der Waals surface area contributed by atoms with Crippen molar-refractivity contribution in [2.24, 2.45) is 0 Å². The van der Waals surface area contributed by atoms with Gasteiger partial charge in [0.05, 0.1) is 0 Å². The molecule has 0 nitrogen and oxygen atoms in total. The fourth-order valence-corrected chi connectivity index (χ4v) is 1.80. The molecule has 0 amide bonds. The smallest absolute Gasteiger partial charge is 0.0348 e. The molecule has 0 heterocycles. The molecule has 0 aromatic carbocycles. The summed E-state index contributed by atoms with van der Waals surface area (Å²) in [5.74, 6) is 0.